The van der Waals surface area contributed by atoms with Crippen molar-refractivity contribution in [3.63, 3.8) is 0 Å². The third kappa shape index (κ3) is 4.70. The molecule has 0 unspecified atom stereocenters. The number of carbonyl (C=O) groups is 1. The number of hydrogen-bond donors (Lipinski definition) is 1. The highest BCUT2D eigenvalue weighted by atomic mass is 16.5. The Kier molecular flexibility index (Phi) is 5.14. The molecule has 5 nitrogen and oxygen atoms in total. The molecule has 3 aromatic rings. The molecule has 0 saturated carbocycles. The average Bonchev–Trinajstić information content (AvgIpc) is 3.07. The molecule has 1 amide bonds. The zero-order valence-corrected chi connectivity index (χ0v) is 14.3. The molecule has 0 radical (unpaired) electrons. The van der Waals surface area contributed by atoms with Gasteiger partial charge in [-0.2, -0.15) is 0 Å². The molecule has 0 aliphatic heterocycles. The van der Waals surface area contributed by atoms with Gasteiger partial charge in [-0.3, -0.25) is 4.79 Å². The quantitative estimate of drug-likeness (QED) is 0.746. The number of nitrogens with zero attached hydrogens (tertiary/aromatic N) is 1. The molecular formula is C20H20N2O3. The van der Waals surface area contributed by atoms with Crippen LogP contribution in [0, 0.1) is 13.8 Å². The largest absolute Gasteiger partial charge is 0.484 e. The van der Waals surface area contributed by atoms with Crippen molar-refractivity contribution in [1.29, 1.82) is 0 Å². The number of aromatic nitrogens is 1. The number of nitrogens with one attached hydrogen (secondary N) is 1. The number of hydrogen-bond acceptors (Lipinski definition) is 4. The maximum Gasteiger partial charge on any atom is 0.258 e. The van der Waals surface area contributed by atoms with Crippen molar-refractivity contribution in [2.45, 2.75) is 20.4 Å². The third-order valence-electron chi connectivity index (χ3n) is 3.61. The van der Waals surface area contributed by atoms with Crippen molar-refractivity contribution in [3.05, 3.63) is 71.7 Å². The monoisotopic (exact) mass is 336 g/mol. The first-order valence-electron chi connectivity index (χ1n) is 8.08. The van der Waals surface area contributed by atoms with Crippen LogP contribution in [-0.4, -0.2) is 17.5 Å². The highest BCUT2D eigenvalue weighted by molar-refractivity contribution is 5.77. The molecule has 0 aliphatic carbocycles. The minimum atomic E-state index is -0.223. The zero-order valence-electron chi connectivity index (χ0n) is 14.3. The maximum atomic E-state index is 11.9. The second-order valence-electron chi connectivity index (χ2n) is 5.87. The van der Waals surface area contributed by atoms with Crippen molar-refractivity contribution < 1.29 is 13.9 Å². The molecule has 3 rings (SSSR count). The van der Waals surface area contributed by atoms with Gasteiger partial charge in [-0.25, -0.2) is 4.98 Å². The maximum absolute atomic E-state index is 11.9. The summed E-state index contributed by atoms with van der Waals surface area (Å²) < 4.78 is 11.2. The number of benzene rings is 2. The summed E-state index contributed by atoms with van der Waals surface area (Å²) in [5.41, 5.74) is 3.15. The summed E-state index contributed by atoms with van der Waals surface area (Å²) in [5.74, 6) is 1.60. The number of amides is 1. The predicted molar refractivity (Wildman–Crippen MR) is 95.2 cm³/mol. The van der Waals surface area contributed by atoms with Gasteiger partial charge in [0.25, 0.3) is 5.91 Å². The van der Waals surface area contributed by atoms with Crippen molar-refractivity contribution >= 4 is 5.91 Å². The zero-order chi connectivity index (χ0) is 17.6. The topological polar surface area (TPSA) is 64.4 Å². The Balaban J connectivity index is 1.50. The molecular weight excluding hydrogens is 316 g/mol. The van der Waals surface area contributed by atoms with Crippen LogP contribution in [0.4, 0.5) is 0 Å². The minimum absolute atomic E-state index is 0.0465. The first-order chi connectivity index (χ1) is 12.1. The Hall–Kier alpha value is -3.08. The minimum Gasteiger partial charge on any atom is -0.484 e. The van der Waals surface area contributed by atoms with Crippen molar-refractivity contribution in [1.82, 2.24) is 10.3 Å². The van der Waals surface area contributed by atoms with E-state index < -0.39 is 0 Å². The number of oxazole rings is 1. The Morgan fingerprint density at radius 1 is 1.12 bits per heavy atom. The fourth-order valence-corrected chi connectivity index (χ4v) is 2.52. The van der Waals surface area contributed by atoms with E-state index in [0.717, 1.165) is 16.7 Å². The summed E-state index contributed by atoms with van der Waals surface area (Å²) in [6.07, 6.45) is 1.66. The lowest BCUT2D eigenvalue weighted by atomic mass is 10.1. The third-order valence-corrected chi connectivity index (χ3v) is 3.61. The normalized spacial score (nSPS) is 10.5. The van der Waals surface area contributed by atoms with Crippen LogP contribution in [0.3, 0.4) is 0 Å². The number of carbonyl (C=O) groups excluding carboxylic acids is 1. The summed E-state index contributed by atoms with van der Waals surface area (Å²) >= 11 is 0. The van der Waals surface area contributed by atoms with Gasteiger partial charge in [0.2, 0.25) is 5.89 Å². The molecule has 0 spiro atoms. The van der Waals surface area contributed by atoms with Gasteiger partial charge < -0.3 is 14.5 Å². The van der Waals surface area contributed by atoms with Crippen LogP contribution < -0.4 is 10.1 Å². The summed E-state index contributed by atoms with van der Waals surface area (Å²) in [7, 11) is 0. The van der Waals surface area contributed by atoms with E-state index in [9.17, 15) is 4.79 Å². The molecule has 128 valence electrons. The molecule has 1 heterocycles. The number of aryl methyl sites for hydroxylation is 2. The lowest BCUT2D eigenvalue weighted by molar-refractivity contribution is -0.123. The van der Waals surface area contributed by atoms with Crippen LogP contribution in [-0.2, 0) is 11.3 Å². The van der Waals surface area contributed by atoms with Crippen molar-refractivity contribution in [2.24, 2.45) is 0 Å². The van der Waals surface area contributed by atoms with Gasteiger partial charge in [0, 0.05) is 5.56 Å². The summed E-state index contributed by atoms with van der Waals surface area (Å²) in [4.78, 5) is 16.1. The fraction of sp³-hybridized carbons (Fsp3) is 0.200. The smallest absolute Gasteiger partial charge is 0.258 e. The first-order valence-corrected chi connectivity index (χ1v) is 8.08. The van der Waals surface area contributed by atoms with E-state index in [4.69, 9.17) is 9.15 Å². The van der Waals surface area contributed by atoms with Gasteiger partial charge in [0.1, 0.15) is 5.75 Å². The van der Waals surface area contributed by atoms with E-state index in [1.54, 1.807) is 6.20 Å². The Bertz CT molecular complexity index is 836. The Labute approximate surface area is 146 Å². The van der Waals surface area contributed by atoms with Gasteiger partial charge >= 0.3 is 0 Å². The number of rotatable bonds is 6. The Morgan fingerprint density at radius 2 is 1.84 bits per heavy atom. The van der Waals surface area contributed by atoms with E-state index >= 15 is 0 Å². The fourth-order valence-electron chi connectivity index (χ4n) is 2.52. The molecule has 0 bridgehead atoms. The van der Waals surface area contributed by atoms with Gasteiger partial charge in [0.15, 0.2) is 12.4 Å². The molecule has 0 aliphatic rings. The second kappa shape index (κ2) is 7.66. The Morgan fingerprint density at radius 3 is 2.56 bits per heavy atom. The molecule has 1 aromatic heterocycles. The van der Waals surface area contributed by atoms with Crippen LogP contribution >= 0.6 is 0 Å². The van der Waals surface area contributed by atoms with E-state index in [2.05, 4.69) is 16.4 Å². The SMILES string of the molecule is Cc1cc(C)cc(OCC(=O)NCc2ncc(-c3ccccc3)o2)c1. The summed E-state index contributed by atoms with van der Waals surface area (Å²) in [5, 5.41) is 2.74. The lowest BCUT2D eigenvalue weighted by Crippen LogP contribution is -2.28. The van der Waals surface area contributed by atoms with E-state index in [1.807, 2.05) is 56.3 Å². The van der Waals surface area contributed by atoms with Crippen LogP contribution in [0.15, 0.2) is 59.1 Å². The highest BCUT2D eigenvalue weighted by Gasteiger charge is 2.08. The average molecular weight is 336 g/mol. The van der Waals surface area contributed by atoms with Crippen LogP contribution in [0.25, 0.3) is 11.3 Å². The van der Waals surface area contributed by atoms with Crippen LogP contribution in [0.1, 0.15) is 17.0 Å². The van der Waals surface area contributed by atoms with E-state index in [-0.39, 0.29) is 19.1 Å². The van der Waals surface area contributed by atoms with Gasteiger partial charge in [-0.15, -0.1) is 0 Å². The molecule has 0 fully saturated rings. The molecule has 2 aromatic carbocycles. The molecule has 0 atom stereocenters. The van der Waals surface area contributed by atoms with Crippen LogP contribution in [0.5, 0.6) is 5.75 Å². The summed E-state index contributed by atoms with van der Waals surface area (Å²) in [6, 6.07) is 15.6. The van der Waals surface area contributed by atoms with E-state index in [1.165, 1.54) is 0 Å². The number of ether oxygens (including phenoxy) is 1. The highest BCUT2D eigenvalue weighted by Crippen LogP contribution is 2.19. The lowest BCUT2D eigenvalue weighted by Gasteiger charge is -2.08. The molecule has 0 saturated heterocycles. The predicted octanol–water partition coefficient (Wildman–Crippen LogP) is 3.65. The van der Waals surface area contributed by atoms with Gasteiger partial charge in [-0.1, -0.05) is 36.4 Å². The van der Waals surface area contributed by atoms with Crippen molar-refractivity contribution in [2.75, 3.05) is 6.61 Å². The van der Waals surface area contributed by atoms with Crippen molar-refractivity contribution in [3.8, 4) is 17.1 Å². The first kappa shape index (κ1) is 16.8. The second-order valence-corrected chi connectivity index (χ2v) is 5.87. The molecule has 5 heteroatoms. The standard InChI is InChI=1S/C20H20N2O3/c1-14-8-15(2)10-17(9-14)24-13-19(23)21-12-20-22-11-18(25-20)16-6-4-3-5-7-16/h3-11H,12-13H2,1-2H3,(H,21,23). The van der Waals surface area contributed by atoms with Gasteiger partial charge in [0.05, 0.1) is 12.7 Å². The summed E-state index contributed by atoms with van der Waals surface area (Å²) in [6.45, 7) is 4.16. The van der Waals surface area contributed by atoms with E-state index in [0.29, 0.717) is 17.4 Å². The van der Waals surface area contributed by atoms with Gasteiger partial charge in [-0.05, 0) is 37.1 Å². The van der Waals surface area contributed by atoms with Crippen LogP contribution in [0.2, 0.25) is 0 Å². The molecule has 1 N–H and O–H groups in total. The molecule has 25 heavy (non-hydrogen) atoms.